The van der Waals surface area contributed by atoms with Crippen molar-refractivity contribution in [3.8, 4) is 11.1 Å². The van der Waals surface area contributed by atoms with Gasteiger partial charge in [-0.1, -0.05) is 48.5 Å². The van der Waals surface area contributed by atoms with Crippen LogP contribution in [-0.2, 0) is 9.53 Å². The fourth-order valence-corrected chi connectivity index (χ4v) is 2.98. The second-order valence-electron chi connectivity index (χ2n) is 5.03. The largest absolute Gasteiger partial charge is 0.453 e. The molecule has 3 rings (SSSR count). The lowest BCUT2D eigenvalue weighted by Crippen LogP contribution is -2.37. The minimum absolute atomic E-state index is 0.528. The number of ether oxygens (including phenoxy) is 1. The smallest absolute Gasteiger partial charge is 0.410 e. The van der Waals surface area contributed by atoms with Crippen LogP contribution in [0, 0.1) is 0 Å². The number of hydrogen-bond donors (Lipinski definition) is 0. The number of nitrogens with zero attached hydrogens (tertiary/aromatic N) is 1. The van der Waals surface area contributed by atoms with Gasteiger partial charge in [-0.25, -0.2) is 4.79 Å². The lowest BCUT2D eigenvalue weighted by atomic mass is 10.0. The molecular formula is C17H14FNO3. The van der Waals surface area contributed by atoms with Gasteiger partial charge in [-0.05, 0) is 22.3 Å². The summed E-state index contributed by atoms with van der Waals surface area (Å²) < 4.78 is 17.7. The van der Waals surface area contributed by atoms with E-state index in [0.717, 1.165) is 27.2 Å². The number of carbonyl (C=O) groups excluding carboxylic acids is 2. The molecule has 0 unspecified atom stereocenters. The highest BCUT2D eigenvalue weighted by atomic mass is 19.1. The Hall–Kier alpha value is -2.69. The normalized spacial score (nSPS) is 12.5. The molecule has 0 bridgehead atoms. The molecule has 0 saturated carbocycles. The van der Waals surface area contributed by atoms with Crippen LogP contribution in [0.1, 0.15) is 17.2 Å². The van der Waals surface area contributed by atoms with Crippen LogP contribution in [0.5, 0.6) is 0 Å². The Kier molecular flexibility index (Phi) is 3.63. The van der Waals surface area contributed by atoms with Crippen molar-refractivity contribution in [3.05, 3.63) is 59.7 Å². The van der Waals surface area contributed by atoms with E-state index in [9.17, 15) is 14.0 Å². The van der Waals surface area contributed by atoms with Crippen molar-refractivity contribution in [2.45, 2.75) is 6.04 Å². The molecule has 5 heteroatoms. The van der Waals surface area contributed by atoms with Crippen LogP contribution >= 0.6 is 0 Å². The first kappa shape index (κ1) is 14.3. The van der Waals surface area contributed by atoms with Crippen LogP contribution in [0.15, 0.2) is 48.5 Å². The quantitative estimate of drug-likeness (QED) is 0.817. The van der Waals surface area contributed by atoms with Gasteiger partial charge >= 0.3 is 12.1 Å². The van der Waals surface area contributed by atoms with E-state index >= 15 is 0 Å². The van der Waals surface area contributed by atoms with Gasteiger partial charge in [0.15, 0.2) is 0 Å². The van der Waals surface area contributed by atoms with Crippen LogP contribution in [-0.4, -0.2) is 30.7 Å². The third-order valence-corrected chi connectivity index (χ3v) is 3.82. The minimum Gasteiger partial charge on any atom is -0.453 e. The molecule has 0 fully saturated rings. The number of fused-ring (bicyclic) bond motifs is 3. The number of halogens is 1. The van der Waals surface area contributed by atoms with E-state index in [2.05, 4.69) is 0 Å². The van der Waals surface area contributed by atoms with E-state index in [4.69, 9.17) is 4.74 Å². The summed E-state index contributed by atoms with van der Waals surface area (Å²) in [7, 11) is 1.21. The van der Waals surface area contributed by atoms with Gasteiger partial charge in [-0.2, -0.15) is 4.39 Å². The maximum atomic E-state index is 13.0. The molecule has 0 spiro atoms. The van der Waals surface area contributed by atoms with Gasteiger partial charge in [0.2, 0.25) is 0 Å². The summed E-state index contributed by atoms with van der Waals surface area (Å²) in [5.41, 5.74) is 3.66. The summed E-state index contributed by atoms with van der Waals surface area (Å²) >= 11 is 0. The molecule has 1 aliphatic rings. The topological polar surface area (TPSA) is 46.6 Å². The number of amides is 1. The van der Waals surface area contributed by atoms with E-state index < -0.39 is 24.7 Å². The Bertz CT molecular complexity index is 699. The first-order valence-corrected chi connectivity index (χ1v) is 6.84. The zero-order valence-corrected chi connectivity index (χ0v) is 12.0. The SMILES string of the molecule is COC(=O)N(CC(=O)F)C1c2ccccc2-c2ccccc21. The lowest BCUT2D eigenvalue weighted by molar-refractivity contribution is -0.130. The molecule has 0 saturated heterocycles. The highest BCUT2D eigenvalue weighted by Gasteiger charge is 2.36. The average Bonchev–Trinajstić information content (AvgIpc) is 2.86. The average molecular weight is 299 g/mol. The third-order valence-electron chi connectivity index (χ3n) is 3.82. The standard InChI is InChI=1S/C17H14FNO3/c1-22-17(21)19(10-15(18)20)16-13-8-4-2-6-11(13)12-7-3-5-9-14(12)16/h2-9,16H,10H2,1H3. The summed E-state index contributed by atoms with van der Waals surface area (Å²) in [6.45, 7) is -0.639. The molecule has 1 aliphatic carbocycles. The Morgan fingerprint density at radius 1 is 1.05 bits per heavy atom. The van der Waals surface area contributed by atoms with Crippen molar-refractivity contribution in [1.82, 2.24) is 4.90 Å². The van der Waals surface area contributed by atoms with E-state index in [0.29, 0.717) is 0 Å². The van der Waals surface area contributed by atoms with Gasteiger partial charge in [0.1, 0.15) is 6.54 Å². The maximum Gasteiger partial charge on any atom is 0.410 e. The molecule has 112 valence electrons. The molecule has 0 atom stereocenters. The van der Waals surface area contributed by atoms with Crippen LogP contribution in [0.3, 0.4) is 0 Å². The van der Waals surface area contributed by atoms with Gasteiger partial charge < -0.3 is 4.74 Å². The Labute approximate surface area is 127 Å². The fraction of sp³-hybridized carbons (Fsp3) is 0.176. The van der Waals surface area contributed by atoms with Crippen molar-refractivity contribution in [1.29, 1.82) is 0 Å². The Balaban J connectivity index is 2.16. The molecule has 0 aliphatic heterocycles. The van der Waals surface area contributed by atoms with Crippen LogP contribution < -0.4 is 0 Å². The zero-order valence-electron chi connectivity index (χ0n) is 12.0. The van der Waals surface area contributed by atoms with Crippen molar-refractivity contribution >= 4 is 12.1 Å². The molecule has 0 N–H and O–H groups in total. The number of benzene rings is 2. The molecule has 0 aromatic heterocycles. The van der Waals surface area contributed by atoms with Crippen molar-refractivity contribution in [3.63, 3.8) is 0 Å². The lowest BCUT2D eigenvalue weighted by Gasteiger charge is -2.27. The van der Waals surface area contributed by atoms with Gasteiger partial charge in [-0.15, -0.1) is 0 Å². The summed E-state index contributed by atoms with van der Waals surface area (Å²) in [4.78, 5) is 24.1. The van der Waals surface area contributed by atoms with E-state index in [1.165, 1.54) is 7.11 Å². The van der Waals surface area contributed by atoms with Crippen LogP contribution in [0.25, 0.3) is 11.1 Å². The van der Waals surface area contributed by atoms with Crippen molar-refractivity contribution in [2.24, 2.45) is 0 Å². The van der Waals surface area contributed by atoms with Gasteiger partial charge in [0, 0.05) is 0 Å². The van der Waals surface area contributed by atoms with Crippen molar-refractivity contribution in [2.75, 3.05) is 13.7 Å². The second-order valence-corrected chi connectivity index (χ2v) is 5.03. The van der Waals surface area contributed by atoms with Gasteiger partial charge in [-0.3, -0.25) is 9.69 Å². The highest BCUT2D eigenvalue weighted by molar-refractivity contribution is 5.83. The predicted octanol–water partition coefficient (Wildman–Crippen LogP) is 3.32. The number of hydrogen-bond acceptors (Lipinski definition) is 3. The predicted molar refractivity (Wildman–Crippen MR) is 78.9 cm³/mol. The van der Waals surface area contributed by atoms with Gasteiger partial charge in [0.05, 0.1) is 13.2 Å². The highest BCUT2D eigenvalue weighted by Crippen LogP contribution is 2.46. The maximum absolute atomic E-state index is 13.0. The summed E-state index contributed by atoms with van der Waals surface area (Å²) in [5.74, 6) is 0. The summed E-state index contributed by atoms with van der Waals surface area (Å²) in [6, 6.07) is 13.0. The van der Waals surface area contributed by atoms with Gasteiger partial charge in [0.25, 0.3) is 0 Å². The first-order chi connectivity index (χ1) is 10.6. The van der Waals surface area contributed by atoms with E-state index in [1.54, 1.807) is 0 Å². The van der Waals surface area contributed by atoms with Crippen LogP contribution in [0.2, 0.25) is 0 Å². The molecule has 4 nitrogen and oxygen atoms in total. The number of rotatable bonds is 3. The molecule has 1 amide bonds. The molecule has 22 heavy (non-hydrogen) atoms. The molecule has 2 aromatic carbocycles. The zero-order chi connectivity index (χ0) is 15.7. The summed E-state index contributed by atoms with van der Waals surface area (Å²) in [6.07, 6.45) is -0.734. The minimum atomic E-state index is -1.58. The molecule has 0 heterocycles. The number of carbonyl (C=O) groups is 2. The first-order valence-electron chi connectivity index (χ1n) is 6.84. The Morgan fingerprint density at radius 2 is 1.55 bits per heavy atom. The Morgan fingerprint density at radius 3 is 2.00 bits per heavy atom. The third kappa shape index (κ3) is 2.24. The van der Waals surface area contributed by atoms with Crippen molar-refractivity contribution < 1.29 is 18.7 Å². The van der Waals surface area contributed by atoms with Crippen LogP contribution in [0.4, 0.5) is 9.18 Å². The molecule has 2 aromatic rings. The summed E-state index contributed by atoms with van der Waals surface area (Å²) in [5, 5.41) is 0. The monoisotopic (exact) mass is 299 g/mol. The fourth-order valence-electron chi connectivity index (χ4n) is 2.98. The van der Waals surface area contributed by atoms with E-state index in [-0.39, 0.29) is 0 Å². The molecular weight excluding hydrogens is 285 g/mol. The van der Waals surface area contributed by atoms with E-state index in [1.807, 2.05) is 48.5 Å². The second kappa shape index (κ2) is 5.60. The number of methoxy groups -OCH3 is 1. The molecule has 0 radical (unpaired) electrons.